The summed E-state index contributed by atoms with van der Waals surface area (Å²) < 4.78 is 0. The Hall–Kier alpha value is -1.80. The van der Waals surface area contributed by atoms with Crippen LogP contribution in [0.15, 0.2) is 47.3 Å². The second-order valence-corrected chi connectivity index (χ2v) is 4.24. The SMILES string of the molecule is O=c1c2ccccc2[nH]c2c(CCl)cccc12. The number of H-pyrrole nitrogens is 1. The van der Waals surface area contributed by atoms with Crippen LogP contribution in [-0.2, 0) is 5.88 Å². The van der Waals surface area contributed by atoms with E-state index >= 15 is 0 Å². The summed E-state index contributed by atoms with van der Waals surface area (Å²) in [6.07, 6.45) is 0. The predicted octanol–water partition coefficient (Wildman–Crippen LogP) is 3.42. The van der Waals surface area contributed by atoms with Crippen LogP contribution in [0.3, 0.4) is 0 Å². The lowest BCUT2D eigenvalue weighted by Crippen LogP contribution is -2.05. The second kappa shape index (κ2) is 3.90. The number of para-hydroxylation sites is 2. The monoisotopic (exact) mass is 243 g/mol. The molecule has 3 aromatic rings. The highest BCUT2D eigenvalue weighted by molar-refractivity contribution is 6.18. The number of aromatic amines is 1. The van der Waals surface area contributed by atoms with E-state index in [-0.39, 0.29) is 5.43 Å². The lowest BCUT2D eigenvalue weighted by Gasteiger charge is -2.05. The molecule has 0 aliphatic carbocycles. The van der Waals surface area contributed by atoms with Gasteiger partial charge in [0, 0.05) is 22.2 Å². The summed E-state index contributed by atoms with van der Waals surface area (Å²) in [5, 5.41) is 1.41. The van der Waals surface area contributed by atoms with E-state index in [1.807, 2.05) is 42.5 Å². The first-order valence-electron chi connectivity index (χ1n) is 5.40. The van der Waals surface area contributed by atoms with Gasteiger partial charge in [-0.2, -0.15) is 0 Å². The van der Waals surface area contributed by atoms with Crippen molar-refractivity contribution < 1.29 is 0 Å². The Kier molecular flexibility index (Phi) is 2.37. The van der Waals surface area contributed by atoms with Crippen LogP contribution in [-0.4, -0.2) is 4.98 Å². The zero-order valence-corrected chi connectivity index (χ0v) is 9.79. The van der Waals surface area contributed by atoms with Crippen molar-refractivity contribution in [1.82, 2.24) is 4.98 Å². The first kappa shape index (κ1) is 10.4. The number of hydrogen-bond donors (Lipinski definition) is 1. The first-order chi connectivity index (χ1) is 8.31. The van der Waals surface area contributed by atoms with Gasteiger partial charge in [0.2, 0.25) is 0 Å². The summed E-state index contributed by atoms with van der Waals surface area (Å²) in [5.74, 6) is 0.394. The van der Waals surface area contributed by atoms with Crippen molar-refractivity contribution in [3.8, 4) is 0 Å². The van der Waals surface area contributed by atoms with Gasteiger partial charge in [0.1, 0.15) is 0 Å². The number of pyridine rings is 1. The minimum atomic E-state index is 0.0568. The van der Waals surface area contributed by atoms with Gasteiger partial charge in [-0.1, -0.05) is 24.3 Å². The molecule has 17 heavy (non-hydrogen) atoms. The molecule has 0 fully saturated rings. The third-order valence-corrected chi connectivity index (χ3v) is 3.26. The van der Waals surface area contributed by atoms with Crippen LogP contribution in [0.5, 0.6) is 0 Å². The van der Waals surface area contributed by atoms with Gasteiger partial charge >= 0.3 is 0 Å². The molecule has 0 saturated heterocycles. The lowest BCUT2D eigenvalue weighted by molar-refractivity contribution is 1.38. The van der Waals surface area contributed by atoms with Crippen molar-refractivity contribution in [3.05, 3.63) is 58.3 Å². The Bertz CT molecular complexity index is 761. The molecule has 0 atom stereocenters. The number of alkyl halides is 1. The van der Waals surface area contributed by atoms with Gasteiger partial charge in [0.05, 0.1) is 5.52 Å². The third kappa shape index (κ3) is 1.53. The molecule has 2 aromatic carbocycles. The topological polar surface area (TPSA) is 32.9 Å². The third-order valence-electron chi connectivity index (χ3n) is 2.97. The van der Waals surface area contributed by atoms with Gasteiger partial charge in [0.15, 0.2) is 5.43 Å². The molecular formula is C14H10ClNO. The molecule has 3 rings (SSSR count). The molecule has 0 amide bonds. The number of aromatic nitrogens is 1. The maximum atomic E-state index is 12.3. The smallest absolute Gasteiger partial charge is 0.197 e. The molecule has 0 spiro atoms. The first-order valence-corrected chi connectivity index (χ1v) is 5.93. The average molecular weight is 244 g/mol. The summed E-state index contributed by atoms with van der Waals surface area (Å²) in [7, 11) is 0. The number of benzene rings is 2. The molecule has 0 aliphatic rings. The molecule has 0 bridgehead atoms. The van der Waals surface area contributed by atoms with Crippen LogP contribution in [0.25, 0.3) is 21.8 Å². The molecule has 1 N–H and O–H groups in total. The van der Waals surface area contributed by atoms with Gasteiger partial charge < -0.3 is 4.98 Å². The highest BCUT2D eigenvalue weighted by atomic mass is 35.5. The molecule has 0 unspecified atom stereocenters. The Balaban J connectivity index is 2.59. The Morgan fingerprint density at radius 1 is 1.00 bits per heavy atom. The zero-order chi connectivity index (χ0) is 11.8. The van der Waals surface area contributed by atoms with E-state index in [2.05, 4.69) is 4.98 Å². The summed E-state index contributed by atoms with van der Waals surface area (Å²) in [6, 6.07) is 13.1. The summed E-state index contributed by atoms with van der Waals surface area (Å²) in [5.41, 5.74) is 2.70. The fraction of sp³-hybridized carbons (Fsp3) is 0.0714. The molecular weight excluding hydrogens is 234 g/mol. The molecule has 1 aromatic heterocycles. The van der Waals surface area contributed by atoms with E-state index in [1.54, 1.807) is 0 Å². The van der Waals surface area contributed by atoms with Crippen LogP contribution in [0.2, 0.25) is 0 Å². The molecule has 0 aliphatic heterocycles. The maximum absolute atomic E-state index is 12.3. The highest BCUT2D eigenvalue weighted by Gasteiger charge is 2.07. The number of nitrogens with one attached hydrogen (secondary N) is 1. The zero-order valence-electron chi connectivity index (χ0n) is 9.03. The van der Waals surface area contributed by atoms with Crippen molar-refractivity contribution in [3.63, 3.8) is 0 Å². The standard InChI is InChI=1S/C14H10ClNO/c15-8-9-4-3-6-11-13(9)16-12-7-2-1-5-10(12)14(11)17/h1-7H,8H2,(H,16,17). The molecule has 3 heteroatoms. The van der Waals surface area contributed by atoms with Crippen molar-refractivity contribution >= 4 is 33.4 Å². The van der Waals surface area contributed by atoms with E-state index in [0.717, 1.165) is 16.6 Å². The van der Waals surface area contributed by atoms with Gasteiger partial charge in [0.25, 0.3) is 0 Å². The van der Waals surface area contributed by atoms with E-state index in [9.17, 15) is 4.79 Å². The van der Waals surface area contributed by atoms with Crippen molar-refractivity contribution in [1.29, 1.82) is 0 Å². The van der Waals surface area contributed by atoms with Crippen LogP contribution >= 0.6 is 11.6 Å². The quantitative estimate of drug-likeness (QED) is 0.516. The number of rotatable bonds is 1. The van der Waals surface area contributed by atoms with Crippen molar-refractivity contribution in [2.45, 2.75) is 5.88 Å². The van der Waals surface area contributed by atoms with Crippen molar-refractivity contribution in [2.75, 3.05) is 0 Å². The fourth-order valence-corrected chi connectivity index (χ4v) is 2.34. The second-order valence-electron chi connectivity index (χ2n) is 3.97. The van der Waals surface area contributed by atoms with Gasteiger partial charge in [-0.3, -0.25) is 4.79 Å². The maximum Gasteiger partial charge on any atom is 0.197 e. The molecule has 0 radical (unpaired) electrons. The van der Waals surface area contributed by atoms with E-state index < -0.39 is 0 Å². The minimum absolute atomic E-state index is 0.0568. The van der Waals surface area contributed by atoms with E-state index in [1.165, 1.54) is 0 Å². The summed E-state index contributed by atoms with van der Waals surface area (Å²) in [4.78, 5) is 15.6. The van der Waals surface area contributed by atoms with Crippen LogP contribution < -0.4 is 5.43 Å². The Morgan fingerprint density at radius 3 is 2.59 bits per heavy atom. The minimum Gasteiger partial charge on any atom is -0.354 e. The van der Waals surface area contributed by atoms with Gasteiger partial charge in [-0.25, -0.2) is 0 Å². The highest BCUT2D eigenvalue weighted by Crippen LogP contribution is 2.19. The van der Waals surface area contributed by atoms with Crippen LogP contribution in [0.1, 0.15) is 5.56 Å². The Morgan fingerprint density at radius 2 is 1.76 bits per heavy atom. The largest absolute Gasteiger partial charge is 0.354 e. The summed E-state index contributed by atoms with van der Waals surface area (Å²) in [6.45, 7) is 0. The number of fused-ring (bicyclic) bond motifs is 2. The normalized spacial score (nSPS) is 11.1. The summed E-state index contributed by atoms with van der Waals surface area (Å²) >= 11 is 5.89. The van der Waals surface area contributed by atoms with Gasteiger partial charge in [-0.15, -0.1) is 11.6 Å². The number of hydrogen-bond acceptors (Lipinski definition) is 1. The molecule has 1 heterocycles. The lowest BCUT2D eigenvalue weighted by atomic mass is 10.1. The van der Waals surface area contributed by atoms with Crippen LogP contribution in [0.4, 0.5) is 0 Å². The molecule has 2 nitrogen and oxygen atoms in total. The van der Waals surface area contributed by atoms with Crippen LogP contribution in [0, 0.1) is 0 Å². The van der Waals surface area contributed by atoms with E-state index in [0.29, 0.717) is 16.7 Å². The molecule has 84 valence electrons. The van der Waals surface area contributed by atoms with E-state index in [4.69, 9.17) is 11.6 Å². The fourth-order valence-electron chi connectivity index (χ4n) is 2.12. The Labute approximate surface area is 103 Å². The predicted molar refractivity (Wildman–Crippen MR) is 71.6 cm³/mol. The average Bonchev–Trinajstić information content (AvgIpc) is 2.38. The van der Waals surface area contributed by atoms with Gasteiger partial charge in [-0.05, 0) is 23.8 Å². The molecule has 0 saturated carbocycles. The van der Waals surface area contributed by atoms with Crippen molar-refractivity contribution in [2.24, 2.45) is 0 Å². The number of halogens is 1.